The minimum Gasteiger partial charge on any atom is -0.503 e. The highest BCUT2D eigenvalue weighted by molar-refractivity contribution is 5.93. The van der Waals surface area contributed by atoms with E-state index in [2.05, 4.69) is 10.2 Å². The molecule has 0 aliphatic carbocycles. The molecule has 0 spiro atoms. The molecule has 4 N–H and O–H groups in total. The van der Waals surface area contributed by atoms with E-state index in [4.69, 9.17) is 10.8 Å². The highest BCUT2D eigenvalue weighted by atomic mass is 19.1. The predicted octanol–water partition coefficient (Wildman–Crippen LogP) is 4.63. The van der Waals surface area contributed by atoms with Crippen molar-refractivity contribution >= 4 is 17.4 Å². The van der Waals surface area contributed by atoms with E-state index in [0.29, 0.717) is 12.1 Å². The molecule has 1 atom stereocenters. The first-order valence-electron chi connectivity index (χ1n) is 11.2. The van der Waals surface area contributed by atoms with Crippen molar-refractivity contribution < 1.29 is 27.9 Å². The summed E-state index contributed by atoms with van der Waals surface area (Å²) in [5.41, 5.74) is 6.21. The molecule has 1 fully saturated rings. The number of likely N-dealkylation sites (tertiary alicyclic amines) is 1. The zero-order chi connectivity index (χ0) is 25.6. The summed E-state index contributed by atoms with van der Waals surface area (Å²) >= 11 is 0. The zero-order valence-electron chi connectivity index (χ0n) is 20.0. The Morgan fingerprint density at radius 2 is 1.65 bits per heavy atom. The highest BCUT2D eigenvalue weighted by Crippen LogP contribution is 2.37. The number of piperidine rings is 1. The van der Waals surface area contributed by atoms with Crippen LogP contribution in [0, 0.1) is 24.4 Å². The highest BCUT2D eigenvalue weighted by Gasteiger charge is 2.40. The van der Waals surface area contributed by atoms with Gasteiger partial charge in [-0.1, -0.05) is 6.42 Å². The Labute approximate surface area is 197 Å². The number of amides is 1. The number of hydrogen-bond donors (Lipinski definition) is 3. The van der Waals surface area contributed by atoms with E-state index < -0.39 is 28.8 Å². The van der Waals surface area contributed by atoms with E-state index in [9.17, 15) is 22.8 Å². The maximum absolute atomic E-state index is 14.1. The third-order valence-electron chi connectivity index (χ3n) is 6.24. The minimum atomic E-state index is -1.20. The summed E-state index contributed by atoms with van der Waals surface area (Å²) in [5.74, 6) is -4.69. The number of ketones is 1. The molecule has 1 aliphatic rings. The van der Waals surface area contributed by atoms with Crippen LogP contribution in [-0.4, -0.2) is 41.3 Å². The standard InChI is InChI=1S/C18H27FN2O.C7H5F2NO2/c1-5-20-17-12-15(19)11-16(13(17)2)18(4,14(3)22)21-9-7-6-8-10-21;8-4-1-3(7(10)12)2-5(9)6(4)11/h11-12,20H,5-10H2,1-4H3;1-2,11H,(H2,10,12). The topological polar surface area (TPSA) is 95.7 Å². The van der Waals surface area contributed by atoms with Crippen LogP contribution >= 0.6 is 0 Å². The molecular formula is C25H32F3N3O3. The maximum Gasteiger partial charge on any atom is 0.248 e. The molecule has 9 heteroatoms. The Morgan fingerprint density at radius 3 is 2.12 bits per heavy atom. The van der Waals surface area contributed by atoms with Gasteiger partial charge < -0.3 is 16.2 Å². The molecule has 2 aromatic rings. The molecule has 6 nitrogen and oxygen atoms in total. The second-order valence-electron chi connectivity index (χ2n) is 8.49. The van der Waals surface area contributed by atoms with Gasteiger partial charge in [0.2, 0.25) is 5.91 Å². The van der Waals surface area contributed by atoms with Crippen molar-refractivity contribution in [2.45, 2.75) is 52.5 Å². The molecule has 3 rings (SSSR count). The van der Waals surface area contributed by atoms with Crippen LogP contribution in [0.1, 0.15) is 61.5 Å². The Kier molecular flexibility index (Phi) is 9.09. The van der Waals surface area contributed by atoms with Gasteiger partial charge in [-0.15, -0.1) is 0 Å². The molecule has 0 bridgehead atoms. The number of rotatable bonds is 6. The summed E-state index contributed by atoms with van der Waals surface area (Å²) < 4.78 is 39.1. The molecule has 0 saturated carbocycles. The molecule has 186 valence electrons. The average Bonchev–Trinajstić information content (AvgIpc) is 2.79. The molecule has 1 amide bonds. The predicted molar refractivity (Wildman–Crippen MR) is 125 cm³/mol. The average molecular weight is 480 g/mol. The summed E-state index contributed by atoms with van der Waals surface area (Å²) in [7, 11) is 0. The fourth-order valence-corrected chi connectivity index (χ4v) is 4.19. The number of nitrogens with zero attached hydrogens (tertiary/aromatic N) is 1. The Bertz CT molecular complexity index is 1030. The molecule has 1 heterocycles. The number of nitrogens with one attached hydrogen (secondary N) is 1. The van der Waals surface area contributed by atoms with Crippen LogP contribution in [0.2, 0.25) is 0 Å². The van der Waals surface area contributed by atoms with Gasteiger partial charge in [0.25, 0.3) is 0 Å². The molecule has 34 heavy (non-hydrogen) atoms. The summed E-state index contributed by atoms with van der Waals surface area (Å²) in [6.07, 6.45) is 3.39. The van der Waals surface area contributed by atoms with Crippen LogP contribution in [0.5, 0.6) is 5.75 Å². The van der Waals surface area contributed by atoms with Crippen molar-refractivity contribution in [2.24, 2.45) is 5.73 Å². The fraction of sp³-hybridized carbons (Fsp3) is 0.440. The molecule has 0 radical (unpaired) electrons. The number of nitrogens with two attached hydrogens (primary N) is 1. The lowest BCUT2D eigenvalue weighted by atomic mass is 9.82. The SMILES string of the molecule is CCNc1cc(F)cc(C(C)(C(C)=O)N2CCCCC2)c1C.NC(=O)c1cc(F)c(O)c(F)c1. The molecule has 1 unspecified atom stereocenters. The van der Waals surface area contributed by atoms with Crippen LogP contribution in [0.15, 0.2) is 24.3 Å². The number of carbonyl (C=O) groups is 2. The number of phenolic OH excluding ortho intramolecular Hbond substituents is 1. The van der Waals surface area contributed by atoms with Crippen molar-refractivity contribution in [3.05, 3.63) is 58.4 Å². The van der Waals surface area contributed by atoms with Gasteiger partial charge in [0.15, 0.2) is 23.2 Å². The van der Waals surface area contributed by atoms with E-state index in [1.165, 1.54) is 18.6 Å². The number of benzene rings is 2. The maximum atomic E-state index is 14.1. The lowest BCUT2D eigenvalue weighted by Crippen LogP contribution is -2.51. The van der Waals surface area contributed by atoms with Crippen molar-refractivity contribution in [1.29, 1.82) is 0 Å². The molecule has 1 aliphatic heterocycles. The Morgan fingerprint density at radius 1 is 1.09 bits per heavy atom. The lowest BCUT2D eigenvalue weighted by Gasteiger charge is -2.43. The molecule has 1 saturated heterocycles. The number of phenols is 1. The van der Waals surface area contributed by atoms with Gasteiger partial charge in [-0.2, -0.15) is 0 Å². The van der Waals surface area contributed by atoms with E-state index >= 15 is 0 Å². The number of halogens is 3. The van der Waals surface area contributed by atoms with Crippen LogP contribution in [0.25, 0.3) is 0 Å². The van der Waals surface area contributed by atoms with E-state index in [1.54, 1.807) is 6.92 Å². The van der Waals surface area contributed by atoms with Gasteiger partial charge >= 0.3 is 0 Å². The second-order valence-corrected chi connectivity index (χ2v) is 8.49. The Hall–Kier alpha value is -3.07. The minimum absolute atomic E-state index is 0.0746. The van der Waals surface area contributed by atoms with Crippen LogP contribution in [-0.2, 0) is 10.3 Å². The van der Waals surface area contributed by atoms with E-state index in [-0.39, 0.29) is 17.2 Å². The van der Waals surface area contributed by atoms with Crippen molar-refractivity contribution in [3.63, 3.8) is 0 Å². The summed E-state index contributed by atoms with van der Waals surface area (Å²) in [6.45, 7) is 10.0. The monoisotopic (exact) mass is 479 g/mol. The normalized spacial score (nSPS) is 15.6. The first kappa shape index (κ1) is 27.2. The lowest BCUT2D eigenvalue weighted by molar-refractivity contribution is -0.129. The smallest absolute Gasteiger partial charge is 0.248 e. The number of hydrogen-bond acceptors (Lipinski definition) is 5. The van der Waals surface area contributed by atoms with Crippen molar-refractivity contribution in [1.82, 2.24) is 4.90 Å². The third kappa shape index (κ3) is 5.88. The molecular weight excluding hydrogens is 447 g/mol. The van der Waals surface area contributed by atoms with Crippen LogP contribution in [0.3, 0.4) is 0 Å². The first-order valence-corrected chi connectivity index (χ1v) is 11.2. The number of anilines is 1. The summed E-state index contributed by atoms with van der Waals surface area (Å²) in [5, 5.41) is 11.8. The van der Waals surface area contributed by atoms with Crippen molar-refractivity contribution in [2.75, 3.05) is 25.0 Å². The number of primary amides is 1. The fourth-order valence-electron chi connectivity index (χ4n) is 4.19. The van der Waals surface area contributed by atoms with Gasteiger partial charge in [0, 0.05) is 17.8 Å². The number of Topliss-reactive ketones (excluding diaryl/α,β-unsaturated/α-hetero) is 1. The first-order chi connectivity index (χ1) is 15.9. The van der Waals surface area contributed by atoms with Gasteiger partial charge in [-0.25, -0.2) is 13.2 Å². The van der Waals surface area contributed by atoms with Gasteiger partial charge in [0.1, 0.15) is 11.4 Å². The van der Waals surface area contributed by atoms with Gasteiger partial charge in [-0.3, -0.25) is 14.5 Å². The van der Waals surface area contributed by atoms with Gasteiger partial charge in [0.05, 0.1) is 0 Å². The molecule has 0 aromatic heterocycles. The van der Waals surface area contributed by atoms with E-state index in [0.717, 1.165) is 49.3 Å². The summed E-state index contributed by atoms with van der Waals surface area (Å²) in [4.78, 5) is 25.2. The van der Waals surface area contributed by atoms with Gasteiger partial charge in [-0.05, 0) is 89.0 Å². The van der Waals surface area contributed by atoms with E-state index in [1.807, 2.05) is 20.8 Å². The van der Waals surface area contributed by atoms with Crippen LogP contribution < -0.4 is 11.1 Å². The van der Waals surface area contributed by atoms with Crippen molar-refractivity contribution in [3.8, 4) is 5.75 Å². The third-order valence-corrected chi connectivity index (χ3v) is 6.24. The number of carbonyl (C=O) groups excluding carboxylic acids is 2. The molecule has 2 aromatic carbocycles. The quantitative estimate of drug-likeness (QED) is 0.562. The largest absolute Gasteiger partial charge is 0.503 e. The number of aromatic hydroxyl groups is 1. The second kappa shape index (κ2) is 11.4. The zero-order valence-corrected chi connectivity index (χ0v) is 20.0. The van der Waals surface area contributed by atoms with Crippen LogP contribution in [0.4, 0.5) is 18.9 Å². The summed E-state index contributed by atoms with van der Waals surface area (Å²) in [6, 6.07) is 4.38. The Balaban J connectivity index is 0.000000287.